The van der Waals surface area contributed by atoms with Crippen molar-refractivity contribution >= 4 is 5.91 Å². The molecule has 1 saturated heterocycles. The molecule has 0 aromatic rings. The zero-order valence-electron chi connectivity index (χ0n) is 8.42. The van der Waals surface area contributed by atoms with Gasteiger partial charge in [0.15, 0.2) is 0 Å². The molecule has 4 heteroatoms. The smallest absolute Gasteiger partial charge is 0.240 e. The molecule has 1 amide bonds. The van der Waals surface area contributed by atoms with Crippen molar-refractivity contribution in [2.45, 2.75) is 43.7 Å². The molecule has 1 saturated carbocycles. The van der Waals surface area contributed by atoms with E-state index in [2.05, 4.69) is 5.32 Å². The predicted octanol–water partition coefficient (Wildman–Crippen LogP) is 0.163. The first-order valence-electron chi connectivity index (χ1n) is 5.39. The molecule has 1 aliphatic heterocycles. The van der Waals surface area contributed by atoms with Crippen LogP contribution in [0.5, 0.6) is 0 Å². The van der Waals surface area contributed by atoms with Gasteiger partial charge in [0, 0.05) is 13.2 Å². The van der Waals surface area contributed by atoms with E-state index >= 15 is 0 Å². The first-order chi connectivity index (χ1) is 6.71. The maximum absolute atomic E-state index is 11.5. The van der Waals surface area contributed by atoms with Gasteiger partial charge in [0.1, 0.15) is 0 Å². The fourth-order valence-corrected chi connectivity index (χ4v) is 1.71. The number of nitrogens with one attached hydrogen (secondary N) is 1. The molecule has 0 aromatic heterocycles. The van der Waals surface area contributed by atoms with E-state index in [1.165, 1.54) is 6.42 Å². The Morgan fingerprint density at radius 3 is 2.86 bits per heavy atom. The van der Waals surface area contributed by atoms with Crippen molar-refractivity contribution in [3.8, 4) is 0 Å². The van der Waals surface area contributed by atoms with Crippen molar-refractivity contribution in [1.82, 2.24) is 5.32 Å². The van der Waals surface area contributed by atoms with Gasteiger partial charge in [-0.3, -0.25) is 4.79 Å². The van der Waals surface area contributed by atoms with E-state index < -0.39 is 5.54 Å². The minimum Gasteiger partial charge on any atom is -0.376 e. The number of hydrogen-bond acceptors (Lipinski definition) is 3. The maximum atomic E-state index is 11.5. The summed E-state index contributed by atoms with van der Waals surface area (Å²) in [5.74, 6) is -0.00771. The van der Waals surface area contributed by atoms with Gasteiger partial charge in [0.25, 0.3) is 0 Å². The Labute approximate surface area is 84.2 Å². The minimum atomic E-state index is -0.547. The highest BCUT2D eigenvalue weighted by molar-refractivity contribution is 5.88. The van der Waals surface area contributed by atoms with Crippen LogP contribution in [-0.2, 0) is 9.53 Å². The SMILES string of the molecule is NC1(C(=O)NCC2CCCCO2)CC1. The number of nitrogens with two attached hydrogens (primary N) is 1. The van der Waals surface area contributed by atoms with Crippen LogP contribution in [0.3, 0.4) is 0 Å². The molecule has 3 N–H and O–H groups in total. The summed E-state index contributed by atoms with van der Waals surface area (Å²) in [6, 6.07) is 0. The van der Waals surface area contributed by atoms with Gasteiger partial charge < -0.3 is 15.8 Å². The lowest BCUT2D eigenvalue weighted by Gasteiger charge is -2.23. The van der Waals surface area contributed by atoms with Crippen LogP contribution in [0.1, 0.15) is 32.1 Å². The summed E-state index contributed by atoms with van der Waals surface area (Å²) in [7, 11) is 0. The van der Waals surface area contributed by atoms with Crippen LogP contribution in [0.4, 0.5) is 0 Å². The molecule has 0 bridgehead atoms. The second-order valence-corrected chi connectivity index (χ2v) is 4.35. The van der Waals surface area contributed by atoms with E-state index in [1.54, 1.807) is 0 Å². The molecular weight excluding hydrogens is 180 g/mol. The van der Waals surface area contributed by atoms with Gasteiger partial charge in [0.05, 0.1) is 11.6 Å². The molecule has 1 unspecified atom stereocenters. The van der Waals surface area contributed by atoms with Crippen molar-refractivity contribution in [1.29, 1.82) is 0 Å². The average Bonchev–Trinajstić information content (AvgIpc) is 2.96. The van der Waals surface area contributed by atoms with Crippen molar-refractivity contribution in [3.63, 3.8) is 0 Å². The Balaban J connectivity index is 1.68. The third-order valence-electron chi connectivity index (χ3n) is 3.01. The highest BCUT2D eigenvalue weighted by Crippen LogP contribution is 2.32. The van der Waals surface area contributed by atoms with E-state index in [-0.39, 0.29) is 12.0 Å². The van der Waals surface area contributed by atoms with Crippen molar-refractivity contribution in [2.24, 2.45) is 5.73 Å². The van der Waals surface area contributed by atoms with Crippen LogP contribution in [0, 0.1) is 0 Å². The molecule has 14 heavy (non-hydrogen) atoms. The molecule has 2 rings (SSSR count). The van der Waals surface area contributed by atoms with E-state index in [4.69, 9.17) is 10.5 Å². The number of ether oxygens (including phenoxy) is 1. The van der Waals surface area contributed by atoms with Gasteiger partial charge in [-0.2, -0.15) is 0 Å². The lowest BCUT2D eigenvalue weighted by atomic mass is 10.1. The Morgan fingerprint density at radius 2 is 2.29 bits per heavy atom. The molecule has 0 aromatic carbocycles. The van der Waals surface area contributed by atoms with Crippen LogP contribution in [0.2, 0.25) is 0 Å². The molecule has 2 fully saturated rings. The molecule has 1 heterocycles. The molecule has 80 valence electrons. The zero-order valence-corrected chi connectivity index (χ0v) is 8.42. The van der Waals surface area contributed by atoms with Crippen LogP contribution in [0.25, 0.3) is 0 Å². The summed E-state index contributed by atoms with van der Waals surface area (Å²) >= 11 is 0. The Bertz CT molecular complexity index is 220. The van der Waals surface area contributed by atoms with E-state index in [9.17, 15) is 4.79 Å². The number of rotatable bonds is 3. The van der Waals surface area contributed by atoms with Crippen LogP contribution in [-0.4, -0.2) is 30.7 Å². The zero-order chi connectivity index (χ0) is 10.0. The number of carbonyl (C=O) groups excluding carboxylic acids is 1. The fraction of sp³-hybridized carbons (Fsp3) is 0.900. The molecule has 4 nitrogen and oxygen atoms in total. The van der Waals surface area contributed by atoms with E-state index in [0.717, 1.165) is 32.3 Å². The molecule has 1 aliphatic carbocycles. The molecule has 1 atom stereocenters. The Hall–Kier alpha value is -0.610. The van der Waals surface area contributed by atoms with E-state index in [1.807, 2.05) is 0 Å². The molecule has 0 radical (unpaired) electrons. The summed E-state index contributed by atoms with van der Waals surface area (Å²) in [6.45, 7) is 1.45. The fourth-order valence-electron chi connectivity index (χ4n) is 1.71. The number of carbonyl (C=O) groups is 1. The Kier molecular flexibility index (Phi) is 2.74. The monoisotopic (exact) mass is 198 g/mol. The van der Waals surface area contributed by atoms with Crippen LogP contribution >= 0.6 is 0 Å². The standard InChI is InChI=1S/C10H18N2O2/c11-10(4-5-10)9(13)12-7-8-3-1-2-6-14-8/h8H,1-7,11H2,(H,12,13). The average molecular weight is 198 g/mol. The van der Waals surface area contributed by atoms with Gasteiger partial charge in [-0.15, -0.1) is 0 Å². The minimum absolute atomic E-state index is 0.00771. The van der Waals surface area contributed by atoms with Crippen molar-refractivity contribution in [2.75, 3.05) is 13.2 Å². The maximum Gasteiger partial charge on any atom is 0.240 e. The highest BCUT2D eigenvalue weighted by Gasteiger charge is 2.45. The van der Waals surface area contributed by atoms with Crippen LogP contribution in [0.15, 0.2) is 0 Å². The van der Waals surface area contributed by atoms with E-state index in [0.29, 0.717) is 6.54 Å². The van der Waals surface area contributed by atoms with Crippen molar-refractivity contribution in [3.05, 3.63) is 0 Å². The summed E-state index contributed by atoms with van der Waals surface area (Å²) < 4.78 is 5.51. The predicted molar refractivity (Wildman–Crippen MR) is 52.8 cm³/mol. The second-order valence-electron chi connectivity index (χ2n) is 4.35. The van der Waals surface area contributed by atoms with Gasteiger partial charge in [-0.1, -0.05) is 0 Å². The lowest BCUT2D eigenvalue weighted by molar-refractivity contribution is -0.124. The third-order valence-corrected chi connectivity index (χ3v) is 3.01. The summed E-state index contributed by atoms with van der Waals surface area (Å²) in [4.78, 5) is 11.5. The topological polar surface area (TPSA) is 64.4 Å². The van der Waals surface area contributed by atoms with Crippen molar-refractivity contribution < 1.29 is 9.53 Å². The normalized spacial score (nSPS) is 29.6. The first-order valence-corrected chi connectivity index (χ1v) is 5.39. The van der Waals surface area contributed by atoms with Gasteiger partial charge in [-0.25, -0.2) is 0 Å². The molecule has 0 spiro atoms. The number of amides is 1. The third kappa shape index (κ3) is 2.25. The molecule has 2 aliphatic rings. The summed E-state index contributed by atoms with van der Waals surface area (Å²) in [6.07, 6.45) is 5.25. The quantitative estimate of drug-likeness (QED) is 0.679. The summed E-state index contributed by atoms with van der Waals surface area (Å²) in [5, 5.41) is 2.87. The lowest BCUT2D eigenvalue weighted by Crippen LogP contribution is -2.46. The van der Waals surface area contributed by atoms with Gasteiger partial charge >= 0.3 is 0 Å². The van der Waals surface area contributed by atoms with Gasteiger partial charge in [-0.05, 0) is 32.1 Å². The number of hydrogen-bond donors (Lipinski definition) is 2. The van der Waals surface area contributed by atoms with Gasteiger partial charge in [0.2, 0.25) is 5.91 Å². The summed E-state index contributed by atoms with van der Waals surface area (Å²) in [5.41, 5.74) is 5.21. The molecular formula is C10H18N2O2. The highest BCUT2D eigenvalue weighted by atomic mass is 16.5. The first kappa shape index (κ1) is 9.93. The van der Waals surface area contributed by atoms with Crippen LogP contribution < -0.4 is 11.1 Å². The largest absolute Gasteiger partial charge is 0.376 e. The second kappa shape index (κ2) is 3.87. The Morgan fingerprint density at radius 1 is 1.50 bits per heavy atom.